The van der Waals surface area contributed by atoms with E-state index < -0.39 is 58.1 Å². The van der Waals surface area contributed by atoms with E-state index in [-0.39, 0.29) is 30.3 Å². The van der Waals surface area contributed by atoms with Gasteiger partial charge in [0.1, 0.15) is 23.4 Å². The second-order valence-electron chi connectivity index (χ2n) is 11.0. The normalized spacial score (nSPS) is 59.3. The molecule has 4 aliphatic heterocycles. The van der Waals surface area contributed by atoms with Crippen molar-refractivity contribution in [3.8, 4) is 0 Å². The SMILES string of the molecule is C=C1O[C@@H]2[C@H]1CC[C@H]1[C@@]34CO[C@@](O)([C@@H](O)[C@@H]3C(C)(C)C3NC(=O)C3C4O)[C@@]21C(C)=O. The van der Waals surface area contributed by atoms with Crippen LogP contribution in [0.15, 0.2) is 12.3 Å². The number of aliphatic hydroxyl groups is 3. The van der Waals surface area contributed by atoms with Gasteiger partial charge in [0.2, 0.25) is 11.7 Å². The van der Waals surface area contributed by atoms with Crippen molar-refractivity contribution in [2.75, 3.05) is 6.61 Å². The van der Waals surface area contributed by atoms with E-state index in [1.807, 2.05) is 13.8 Å². The van der Waals surface area contributed by atoms with Crippen LogP contribution < -0.4 is 5.32 Å². The minimum Gasteiger partial charge on any atom is -0.493 e. The number of carbonyl (C=O) groups excluding carboxylic acids is 2. The molecule has 4 saturated heterocycles. The van der Waals surface area contributed by atoms with Gasteiger partial charge in [0.05, 0.1) is 30.3 Å². The molecule has 3 unspecified atom stereocenters. The fourth-order valence-corrected chi connectivity index (χ4v) is 8.85. The molecule has 1 amide bonds. The third-order valence-electron chi connectivity index (χ3n) is 9.94. The number of fused-ring (bicyclic) bond motifs is 3. The van der Waals surface area contributed by atoms with Crippen LogP contribution in [0.3, 0.4) is 0 Å². The van der Waals surface area contributed by atoms with E-state index in [4.69, 9.17) is 9.47 Å². The Morgan fingerprint density at radius 1 is 1.23 bits per heavy atom. The average molecular weight is 419 g/mol. The molecule has 11 atom stereocenters. The Hall–Kier alpha value is -1.48. The lowest BCUT2D eigenvalue weighted by Crippen LogP contribution is -2.91. The van der Waals surface area contributed by atoms with Crippen molar-refractivity contribution < 1.29 is 34.4 Å². The molecule has 8 nitrogen and oxygen atoms in total. The summed E-state index contributed by atoms with van der Waals surface area (Å²) in [6.45, 7) is 9.22. The highest BCUT2D eigenvalue weighted by Crippen LogP contribution is 2.76. The van der Waals surface area contributed by atoms with E-state index in [0.29, 0.717) is 12.2 Å². The molecule has 0 radical (unpaired) electrons. The Bertz CT molecular complexity index is 902. The second kappa shape index (κ2) is 5.11. The van der Waals surface area contributed by atoms with Crippen molar-refractivity contribution in [1.29, 1.82) is 0 Å². The van der Waals surface area contributed by atoms with Crippen LogP contribution in [0.25, 0.3) is 0 Å². The van der Waals surface area contributed by atoms with Gasteiger partial charge in [-0.25, -0.2) is 0 Å². The van der Waals surface area contributed by atoms with Crippen molar-refractivity contribution in [3.63, 3.8) is 0 Å². The fraction of sp³-hybridized carbons (Fsp3) is 0.818. The number of β-lactam (4-membered cyclic amide) rings is 1. The zero-order valence-corrected chi connectivity index (χ0v) is 17.4. The van der Waals surface area contributed by atoms with Gasteiger partial charge in [-0.15, -0.1) is 0 Å². The minimum absolute atomic E-state index is 0.00957. The summed E-state index contributed by atoms with van der Waals surface area (Å²) in [5.41, 5.74) is -3.17. The van der Waals surface area contributed by atoms with Crippen molar-refractivity contribution in [3.05, 3.63) is 12.3 Å². The van der Waals surface area contributed by atoms with Crippen molar-refractivity contribution in [2.24, 2.45) is 39.9 Å². The maximum Gasteiger partial charge on any atom is 0.228 e. The topological polar surface area (TPSA) is 125 Å². The number of amides is 1. The first-order valence-corrected chi connectivity index (χ1v) is 10.9. The number of hydrogen-bond donors (Lipinski definition) is 4. The lowest BCUT2D eigenvalue weighted by atomic mass is 9.31. The summed E-state index contributed by atoms with van der Waals surface area (Å²) in [5, 5.41) is 38.0. The van der Waals surface area contributed by atoms with Crippen molar-refractivity contribution >= 4 is 11.7 Å². The van der Waals surface area contributed by atoms with Crippen molar-refractivity contribution in [1.82, 2.24) is 5.32 Å². The molecule has 7 fully saturated rings. The van der Waals surface area contributed by atoms with Gasteiger partial charge in [-0.05, 0) is 31.1 Å². The molecule has 0 aromatic heterocycles. The molecule has 3 saturated carbocycles. The standard InChI is InChI=1S/C22H29NO7/c1-8-10-5-6-11-20-7-29-22(28,21(11,9(2)24)17(10)30-8)16(26)13(20)19(3,4)14-12(15(20)25)18(27)23-14/h10-17,25-26,28H,1,5-7H2,2-4H3,(H,23,27)/t10-,11-,12?,13+,14?,15?,16-,17+,20-,21+,22-/m0/s1. The number of nitrogens with one attached hydrogen (secondary N) is 1. The van der Waals surface area contributed by atoms with Gasteiger partial charge < -0.3 is 30.1 Å². The van der Waals surface area contributed by atoms with E-state index in [1.165, 1.54) is 6.92 Å². The van der Waals surface area contributed by atoms with Gasteiger partial charge in [0.15, 0.2) is 0 Å². The van der Waals surface area contributed by atoms with E-state index in [9.17, 15) is 24.9 Å². The van der Waals surface area contributed by atoms with Crippen LogP contribution in [0.5, 0.6) is 0 Å². The smallest absolute Gasteiger partial charge is 0.228 e. The number of carbonyl (C=O) groups is 2. The average Bonchev–Trinajstić information content (AvgIpc) is 2.64. The molecule has 2 bridgehead atoms. The summed E-state index contributed by atoms with van der Waals surface area (Å²) in [4.78, 5) is 25.8. The van der Waals surface area contributed by atoms with Crippen molar-refractivity contribution in [2.45, 2.75) is 63.8 Å². The van der Waals surface area contributed by atoms with E-state index >= 15 is 0 Å². The molecule has 1 spiro atoms. The molecule has 0 aromatic carbocycles. The Labute approximate surface area is 174 Å². The summed E-state index contributed by atoms with van der Waals surface area (Å²) in [7, 11) is 0. The van der Waals surface area contributed by atoms with Gasteiger partial charge in [-0.2, -0.15) is 0 Å². The molecular formula is C22H29NO7. The third-order valence-corrected chi connectivity index (χ3v) is 9.94. The number of ether oxygens (including phenoxy) is 2. The number of ketones is 1. The van der Waals surface area contributed by atoms with Crippen LogP contribution in [0.2, 0.25) is 0 Å². The third kappa shape index (κ3) is 1.55. The highest BCUT2D eigenvalue weighted by atomic mass is 16.6. The lowest BCUT2D eigenvalue weighted by Gasteiger charge is -2.79. The molecule has 3 aliphatic carbocycles. The molecule has 164 valence electrons. The Balaban J connectivity index is 1.62. The molecule has 4 heterocycles. The minimum atomic E-state index is -2.13. The molecule has 4 N–H and O–H groups in total. The summed E-state index contributed by atoms with van der Waals surface area (Å²) < 4.78 is 11.8. The first-order valence-electron chi connectivity index (χ1n) is 10.9. The van der Waals surface area contributed by atoms with Crippen LogP contribution in [0.1, 0.15) is 33.6 Å². The van der Waals surface area contributed by atoms with Crippen LogP contribution in [0, 0.1) is 39.9 Å². The van der Waals surface area contributed by atoms with Gasteiger partial charge in [0, 0.05) is 17.4 Å². The van der Waals surface area contributed by atoms with Crippen LogP contribution in [-0.2, 0) is 19.1 Å². The van der Waals surface area contributed by atoms with Gasteiger partial charge >= 0.3 is 0 Å². The van der Waals surface area contributed by atoms with Gasteiger partial charge in [0.25, 0.3) is 0 Å². The zero-order chi connectivity index (χ0) is 21.6. The molecule has 7 aliphatic rings. The fourth-order valence-electron chi connectivity index (χ4n) is 8.85. The Morgan fingerprint density at radius 2 is 1.93 bits per heavy atom. The number of rotatable bonds is 1. The zero-order valence-electron chi connectivity index (χ0n) is 17.4. The monoisotopic (exact) mass is 419 g/mol. The van der Waals surface area contributed by atoms with Gasteiger partial charge in [-0.3, -0.25) is 9.59 Å². The predicted octanol–water partition coefficient (Wildman–Crippen LogP) is -0.288. The van der Waals surface area contributed by atoms with Crippen LogP contribution >= 0.6 is 0 Å². The van der Waals surface area contributed by atoms with E-state index in [2.05, 4.69) is 11.9 Å². The van der Waals surface area contributed by atoms with E-state index in [1.54, 1.807) is 0 Å². The number of hydrogen-bond acceptors (Lipinski definition) is 7. The van der Waals surface area contributed by atoms with Crippen LogP contribution in [0.4, 0.5) is 0 Å². The summed E-state index contributed by atoms with van der Waals surface area (Å²) >= 11 is 0. The summed E-state index contributed by atoms with van der Waals surface area (Å²) in [6, 6.07) is -0.309. The van der Waals surface area contributed by atoms with Crippen LogP contribution in [-0.4, -0.2) is 63.8 Å². The quantitative estimate of drug-likeness (QED) is 0.431. The highest BCUT2D eigenvalue weighted by molar-refractivity contribution is 5.88. The molecule has 7 rings (SSSR count). The molecular weight excluding hydrogens is 390 g/mol. The lowest BCUT2D eigenvalue weighted by molar-refractivity contribution is -0.473. The second-order valence-corrected chi connectivity index (χ2v) is 11.0. The highest BCUT2D eigenvalue weighted by Gasteiger charge is 2.88. The Kier molecular flexibility index (Phi) is 3.28. The number of aliphatic hydroxyl groups excluding tert-OH is 2. The number of Topliss-reactive ketones (excluding diaryl/α,β-unsaturated/α-hetero) is 1. The summed E-state index contributed by atoms with van der Waals surface area (Å²) in [5.74, 6) is -3.86. The molecule has 30 heavy (non-hydrogen) atoms. The predicted molar refractivity (Wildman–Crippen MR) is 101 cm³/mol. The maximum absolute atomic E-state index is 13.3. The Morgan fingerprint density at radius 3 is 2.53 bits per heavy atom. The first kappa shape index (κ1) is 19.2. The first-order chi connectivity index (χ1) is 14.0. The molecule has 0 aromatic rings. The van der Waals surface area contributed by atoms with Gasteiger partial charge in [-0.1, -0.05) is 20.4 Å². The summed E-state index contributed by atoms with van der Waals surface area (Å²) in [6.07, 6.45) is -1.88. The molecule has 8 heteroatoms. The van der Waals surface area contributed by atoms with E-state index in [0.717, 1.165) is 6.42 Å². The largest absolute Gasteiger partial charge is 0.493 e. The maximum atomic E-state index is 13.3.